The van der Waals surface area contributed by atoms with Crippen LogP contribution >= 0.6 is 11.6 Å². The van der Waals surface area contributed by atoms with Crippen LogP contribution in [0.15, 0.2) is 41.3 Å². The molecule has 2 unspecified atom stereocenters. The second kappa shape index (κ2) is 10.4. The number of ether oxygens (including phenoxy) is 1. The zero-order valence-electron chi connectivity index (χ0n) is 19.7. The van der Waals surface area contributed by atoms with Crippen LogP contribution in [0.4, 0.5) is 5.95 Å². The average Bonchev–Trinajstić information content (AvgIpc) is 3.42. The van der Waals surface area contributed by atoms with Crippen molar-refractivity contribution in [1.29, 1.82) is 0 Å². The Kier molecular flexibility index (Phi) is 7.13. The van der Waals surface area contributed by atoms with Crippen LogP contribution in [0.2, 0.25) is 5.02 Å². The first-order chi connectivity index (χ1) is 16.6. The molecule has 0 bridgehead atoms. The van der Waals surface area contributed by atoms with Crippen LogP contribution in [-0.4, -0.2) is 45.8 Å². The van der Waals surface area contributed by atoms with E-state index in [0.29, 0.717) is 47.5 Å². The second-order valence-electron chi connectivity index (χ2n) is 9.40. The standard InChI is InChI=1S/C26H32ClN5O2/c1-2-3-12-34-13-11-32-24-20(14-22(25(32)33)21-9-4-5-10-23(21)27)15-28-26(29-24)30-31-16-18-7-6-8-19(18)17-31/h4-5,9-10,14-15,18-19H,2-3,6-8,11-13,16-17H2,1H3,(H,28,29,30). The first-order valence-corrected chi connectivity index (χ1v) is 12.8. The largest absolute Gasteiger partial charge is 0.380 e. The lowest BCUT2D eigenvalue weighted by Gasteiger charge is -2.19. The number of hydrogen-bond donors (Lipinski definition) is 1. The second-order valence-corrected chi connectivity index (χ2v) is 9.81. The maximum Gasteiger partial charge on any atom is 0.260 e. The van der Waals surface area contributed by atoms with Crippen molar-refractivity contribution in [1.82, 2.24) is 19.5 Å². The summed E-state index contributed by atoms with van der Waals surface area (Å²) in [5.74, 6) is 2.06. The summed E-state index contributed by atoms with van der Waals surface area (Å²) in [5.41, 5.74) is 5.13. The number of pyridine rings is 1. The predicted octanol–water partition coefficient (Wildman–Crippen LogP) is 4.99. The van der Waals surface area contributed by atoms with Gasteiger partial charge in [-0.25, -0.2) is 9.99 Å². The summed E-state index contributed by atoms with van der Waals surface area (Å²) in [4.78, 5) is 22.9. The Balaban J connectivity index is 1.47. The van der Waals surface area contributed by atoms with E-state index in [1.807, 2.05) is 24.3 Å². The first kappa shape index (κ1) is 23.3. The van der Waals surface area contributed by atoms with E-state index in [9.17, 15) is 4.79 Å². The molecule has 1 aliphatic carbocycles. The molecular weight excluding hydrogens is 450 g/mol. The molecule has 5 rings (SSSR count). The number of fused-ring (bicyclic) bond motifs is 2. The van der Waals surface area contributed by atoms with E-state index in [2.05, 4.69) is 22.3 Å². The molecule has 2 atom stereocenters. The van der Waals surface area contributed by atoms with E-state index in [1.54, 1.807) is 16.8 Å². The van der Waals surface area contributed by atoms with Crippen molar-refractivity contribution in [3.8, 4) is 11.1 Å². The summed E-state index contributed by atoms with van der Waals surface area (Å²) in [5, 5.41) is 3.57. The van der Waals surface area contributed by atoms with Crippen LogP contribution in [0.5, 0.6) is 0 Å². The first-order valence-electron chi connectivity index (χ1n) is 12.4. The molecule has 0 radical (unpaired) electrons. The zero-order chi connectivity index (χ0) is 23.5. The summed E-state index contributed by atoms with van der Waals surface area (Å²) < 4.78 is 7.48. The summed E-state index contributed by atoms with van der Waals surface area (Å²) in [6, 6.07) is 9.26. The number of halogens is 1. The van der Waals surface area contributed by atoms with Gasteiger partial charge >= 0.3 is 0 Å². The number of anilines is 1. The molecule has 34 heavy (non-hydrogen) atoms. The molecule has 1 aliphatic heterocycles. The highest BCUT2D eigenvalue weighted by Gasteiger charge is 2.36. The van der Waals surface area contributed by atoms with E-state index in [1.165, 1.54) is 19.3 Å². The van der Waals surface area contributed by atoms with Crippen LogP contribution in [0.1, 0.15) is 39.0 Å². The number of rotatable bonds is 9. The molecule has 1 aromatic carbocycles. The third kappa shape index (κ3) is 4.83. The van der Waals surface area contributed by atoms with Crippen LogP contribution in [0.25, 0.3) is 22.2 Å². The normalized spacial score (nSPS) is 20.2. The minimum Gasteiger partial charge on any atom is -0.380 e. The van der Waals surface area contributed by atoms with Gasteiger partial charge in [-0.15, -0.1) is 0 Å². The van der Waals surface area contributed by atoms with Gasteiger partial charge in [0.2, 0.25) is 5.95 Å². The summed E-state index contributed by atoms with van der Waals surface area (Å²) in [6.07, 6.45) is 7.83. The van der Waals surface area contributed by atoms with Gasteiger partial charge in [-0.2, -0.15) is 4.98 Å². The fraction of sp³-hybridized carbons (Fsp3) is 0.500. The highest BCUT2D eigenvalue weighted by atomic mass is 35.5. The average molecular weight is 482 g/mol. The number of hydrogen-bond acceptors (Lipinski definition) is 6. The third-order valence-electron chi connectivity index (χ3n) is 7.08. The zero-order valence-corrected chi connectivity index (χ0v) is 20.4. The van der Waals surface area contributed by atoms with Crippen LogP contribution in [-0.2, 0) is 11.3 Å². The van der Waals surface area contributed by atoms with Gasteiger partial charge < -0.3 is 4.74 Å². The Bertz CT molecular complexity index is 1200. The highest BCUT2D eigenvalue weighted by molar-refractivity contribution is 6.33. The molecule has 7 nitrogen and oxygen atoms in total. The molecule has 1 saturated carbocycles. The minimum absolute atomic E-state index is 0.125. The lowest BCUT2D eigenvalue weighted by Crippen LogP contribution is -2.30. The minimum atomic E-state index is -0.125. The third-order valence-corrected chi connectivity index (χ3v) is 7.41. The summed E-state index contributed by atoms with van der Waals surface area (Å²) in [7, 11) is 0. The molecule has 2 aliphatic rings. The molecule has 1 saturated heterocycles. The van der Waals surface area contributed by atoms with Gasteiger partial charge in [0.1, 0.15) is 5.65 Å². The van der Waals surface area contributed by atoms with Crippen LogP contribution in [0.3, 0.4) is 0 Å². The molecule has 180 valence electrons. The van der Waals surface area contributed by atoms with E-state index < -0.39 is 0 Å². The number of nitrogens with zero attached hydrogens (tertiary/aromatic N) is 4. The van der Waals surface area contributed by atoms with Crippen molar-refractivity contribution in [3.63, 3.8) is 0 Å². The van der Waals surface area contributed by atoms with Gasteiger partial charge in [-0.3, -0.25) is 14.8 Å². The van der Waals surface area contributed by atoms with Gasteiger partial charge in [-0.05, 0) is 43.2 Å². The number of hydrazine groups is 1. The quantitative estimate of drug-likeness (QED) is 0.434. The number of unbranched alkanes of at least 4 members (excludes halogenated alkanes) is 1. The molecule has 2 aromatic heterocycles. The van der Waals surface area contributed by atoms with Gasteiger partial charge in [0.25, 0.3) is 5.56 Å². The highest BCUT2D eigenvalue weighted by Crippen LogP contribution is 2.37. The van der Waals surface area contributed by atoms with Gasteiger partial charge in [-0.1, -0.05) is 49.6 Å². The molecule has 0 amide bonds. The molecule has 1 N–H and O–H groups in total. The Hall–Kier alpha value is -2.48. The monoisotopic (exact) mass is 481 g/mol. The van der Waals surface area contributed by atoms with Crippen molar-refractivity contribution >= 4 is 28.6 Å². The maximum atomic E-state index is 13.6. The van der Waals surface area contributed by atoms with Gasteiger partial charge in [0, 0.05) is 47.4 Å². The van der Waals surface area contributed by atoms with Crippen molar-refractivity contribution in [2.45, 2.75) is 45.6 Å². The molecule has 0 spiro atoms. The van der Waals surface area contributed by atoms with Gasteiger partial charge in [0.05, 0.1) is 13.2 Å². The lowest BCUT2D eigenvalue weighted by molar-refractivity contribution is 0.123. The number of benzene rings is 1. The van der Waals surface area contributed by atoms with Crippen LogP contribution < -0.4 is 11.0 Å². The van der Waals surface area contributed by atoms with Crippen molar-refractivity contribution in [2.75, 3.05) is 31.7 Å². The van der Waals surface area contributed by atoms with E-state index in [-0.39, 0.29) is 5.56 Å². The Morgan fingerprint density at radius 2 is 1.94 bits per heavy atom. The summed E-state index contributed by atoms with van der Waals surface area (Å²) in [6.45, 7) is 5.73. The Morgan fingerprint density at radius 1 is 1.15 bits per heavy atom. The molecule has 2 fully saturated rings. The fourth-order valence-electron chi connectivity index (χ4n) is 5.26. The SMILES string of the molecule is CCCCOCCn1c(=O)c(-c2ccccc2Cl)cc2cnc(NN3CC4CCCC4C3)nc21. The lowest BCUT2D eigenvalue weighted by atomic mass is 10.0. The van der Waals surface area contributed by atoms with Crippen molar-refractivity contribution in [2.24, 2.45) is 11.8 Å². The van der Waals surface area contributed by atoms with Crippen molar-refractivity contribution in [3.05, 3.63) is 51.9 Å². The van der Waals surface area contributed by atoms with E-state index in [4.69, 9.17) is 21.3 Å². The molecule has 8 heteroatoms. The van der Waals surface area contributed by atoms with E-state index in [0.717, 1.165) is 43.2 Å². The fourth-order valence-corrected chi connectivity index (χ4v) is 5.50. The molecule has 3 aromatic rings. The number of aromatic nitrogens is 3. The summed E-state index contributed by atoms with van der Waals surface area (Å²) >= 11 is 6.44. The Labute approximate surface area is 205 Å². The molecule has 3 heterocycles. The van der Waals surface area contributed by atoms with Crippen molar-refractivity contribution < 1.29 is 4.74 Å². The van der Waals surface area contributed by atoms with Crippen LogP contribution in [0, 0.1) is 11.8 Å². The maximum absolute atomic E-state index is 13.6. The van der Waals surface area contributed by atoms with E-state index >= 15 is 0 Å². The topological polar surface area (TPSA) is 72.3 Å². The Morgan fingerprint density at radius 3 is 2.71 bits per heavy atom. The smallest absolute Gasteiger partial charge is 0.260 e. The van der Waals surface area contributed by atoms with Gasteiger partial charge in [0.15, 0.2) is 0 Å². The number of nitrogens with one attached hydrogen (secondary N) is 1. The molecular formula is C26H32ClN5O2. The predicted molar refractivity (Wildman–Crippen MR) is 136 cm³/mol.